The van der Waals surface area contributed by atoms with Crippen molar-refractivity contribution in [2.24, 2.45) is 5.92 Å². The summed E-state index contributed by atoms with van der Waals surface area (Å²) >= 11 is 0. The van der Waals surface area contributed by atoms with E-state index in [1.54, 1.807) is 0 Å². The fraction of sp³-hybridized carbons (Fsp3) is 0.545. The third-order valence-electron chi connectivity index (χ3n) is 1.76. The Morgan fingerprint density at radius 1 is 1.41 bits per heavy atom. The number of hydrogen-bond acceptors (Lipinski definition) is 5. The molecule has 1 heterocycles. The van der Waals surface area contributed by atoms with Crippen LogP contribution in [0.15, 0.2) is 12.4 Å². The fourth-order valence-electron chi connectivity index (χ4n) is 1.04. The highest BCUT2D eigenvalue weighted by atomic mass is 16.5. The Balaban J connectivity index is 2.31. The second-order valence-corrected chi connectivity index (χ2v) is 3.86. The average molecular weight is 240 g/mol. The minimum atomic E-state index is -1.13. The number of rotatable bonds is 7. The van der Waals surface area contributed by atoms with E-state index in [0.29, 0.717) is 25.7 Å². The van der Waals surface area contributed by atoms with Crippen molar-refractivity contribution in [1.82, 2.24) is 9.97 Å². The van der Waals surface area contributed by atoms with Gasteiger partial charge in [0.05, 0.1) is 19.0 Å². The fourth-order valence-corrected chi connectivity index (χ4v) is 1.04. The molecule has 0 aromatic carbocycles. The number of carboxylic acid groups (broad SMARTS) is 1. The lowest BCUT2D eigenvalue weighted by molar-refractivity contribution is 0.0684. The zero-order valence-corrected chi connectivity index (χ0v) is 9.92. The quantitative estimate of drug-likeness (QED) is 0.722. The Kier molecular flexibility index (Phi) is 5.35. The Morgan fingerprint density at radius 3 is 2.82 bits per heavy atom. The highest BCUT2D eigenvalue weighted by Crippen LogP contribution is 2.04. The second kappa shape index (κ2) is 6.80. The lowest BCUT2D eigenvalue weighted by atomic mass is 10.2. The molecule has 6 heteroatoms. The minimum absolute atomic E-state index is 0.134. The van der Waals surface area contributed by atoms with Gasteiger partial charge in [0.1, 0.15) is 6.61 Å². The summed E-state index contributed by atoms with van der Waals surface area (Å²) in [6, 6.07) is 0. The van der Waals surface area contributed by atoms with E-state index in [-0.39, 0.29) is 11.6 Å². The smallest absolute Gasteiger partial charge is 0.356 e. The molecule has 6 nitrogen and oxygen atoms in total. The molecule has 0 fully saturated rings. The number of aromatic nitrogens is 2. The van der Waals surface area contributed by atoms with Crippen LogP contribution in [0.25, 0.3) is 0 Å². The first kappa shape index (κ1) is 13.4. The highest BCUT2D eigenvalue weighted by molar-refractivity contribution is 5.84. The summed E-state index contributed by atoms with van der Waals surface area (Å²) in [7, 11) is 0. The van der Waals surface area contributed by atoms with Crippen molar-refractivity contribution in [3.05, 3.63) is 18.1 Å². The first-order chi connectivity index (χ1) is 8.09. The van der Waals surface area contributed by atoms with E-state index >= 15 is 0 Å². The van der Waals surface area contributed by atoms with Gasteiger partial charge in [-0.3, -0.25) is 4.98 Å². The number of nitrogens with zero attached hydrogens (tertiary/aromatic N) is 2. The van der Waals surface area contributed by atoms with Crippen LogP contribution in [-0.4, -0.2) is 40.9 Å². The van der Waals surface area contributed by atoms with Crippen molar-refractivity contribution in [2.45, 2.75) is 13.8 Å². The number of carboxylic acids is 1. The van der Waals surface area contributed by atoms with Crippen LogP contribution in [0.3, 0.4) is 0 Å². The minimum Gasteiger partial charge on any atom is -0.476 e. The first-order valence-electron chi connectivity index (χ1n) is 5.35. The Labute approximate surface area is 99.6 Å². The molecule has 0 aliphatic carbocycles. The predicted octanol–water partition coefficient (Wildman–Crippen LogP) is 1.23. The summed E-state index contributed by atoms with van der Waals surface area (Å²) in [6.45, 7) is 5.55. The standard InChI is InChI=1S/C11H16N2O4/c1-8(2)7-16-3-4-17-10-6-12-5-9(13-10)11(14)15/h5-6,8H,3-4,7H2,1-2H3,(H,14,15). The Hall–Kier alpha value is -1.69. The molecule has 1 aromatic rings. The van der Waals surface area contributed by atoms with E-state index in [9.17, 15) is 4.79 Å². The SMILES string of the molecule is CC(C)COCCOc1cncc(C(=O)O)n1. The maximum absolute atomic E-state index is 10.6. The van der Waals surface area contributed by atoms with Crippen molar-refractivity contribution < 1.29 is 19.4 Å². The molecule has 0 aliphatic rings. The Bertz CT molecular complexity index is 368. The van der Waals surface area contributed by atoms with Crippen molar-refractivity contribution in [1.29, 1.82) is 0 Å². The topological polar surface area (TPSA) is 81.5 Å². The van der Waals surface area contributed by atoms with Crippen LogP contribution in [0.4, 0.5) is 0 Å². The van der Waals surface area contributed by atoms with Gasteiger partial charge in [-0.1, -0.05) is 13.8 Å². The molecule has 0 unspecified atom stereocenters. The summed E-state index contributed by atoms with van der Waals surface area (Å²) in [5, 5.41) is 8.70. The summed E-state index contributed by atoms with van der Waals surface area (Å²) < 4.78 is 10.5. The van der Waals surface area contributed by atoms with Crippen LogP contribution in [0.1, 0.15) is 24.3 Å². The van der Waals surface area contributed by atoms with E-state index in [1.807, 2.05) is 0 Å². The molecule has 1 rings (SSSR count). The first-order valence-corrected chi connectivity index (χ1v) is 5.35. The van der Waals surface area contributed by atoms with Gasteiger partial charge in [-0.25, -0.2) is 9.78 Å². The average Bonchev–Trinajstić information content (AvgIpc) is 2.28. The number of hydrogen-bond donors (Lipinski definition) is 1. The third kappa shape index (κ3) is 5.26. The van der Waals surface area contributed by atoms with Crippen molar-refractivity contribution in [2.75, 3.05) is 19.8 Å². The second-order valence-electron chi connectivity index (χ2n) is 3.86. The predicted molar refractivity (Wildman–Crippen MR) is 60.1 cm³/mol. The number of aromatic carboxylic acids is 1. The van der Waals surface area contributed by atoms with Crippen LogP contribution < -0.4 is 4.74 Å². The lowest BCUT2D eigenvalue weighted by Gasteiger charge is -2.07. The van der Waals surface area contributed by atoms with Gasteiger partial charge >= 0.3 is 5.97 Å². The molecule has 0 saturated heterocycles. The molecule has 17 heavy (non-hydrogen) atoms. The molecule has 0 bridgehead atoms. The zero-order valence-electron chi connectivity index (χ0n) is 9.92. The molecule has 0 spiro atoms. The molecule has 1 aromatic heterocycles. The van der Waals surface area contributed by atoms with Gasteiger partial charge in [-0.2, -0.15) is 0 Å². The van der Waals surface area contributed by atoms with Gasteiger partial charge in [0, 0.05) is 6.61 Å². The maximum atomic E-state index is 10.6. The largest absolute Gasteiger partial charge is 0.476 e. The van der Waals surface area contributed by atoms with Gasteiger partial charge in [-0.05, 0) is 5.92 Å². The van der Waals surface area contributed by atoms with E-state index in [4.69, 9.17) is 14.6 Å². The van der Waals surface area contributed by atoms with Crippen LogP contribution in [0, 0.1) is 5.92 Å². The normalized spacial score (nSPS) is 10.5. The summed E-state index contributed by atoms with van der Waals surface area (Å²) in [4.78, 5) is 18.1. The molecular formula is C11H16N2O4. The van der Waals surface area contributed by atoms with E-state index in [1.165, 1.54) is 12.4 Å². The maximum Gasteiger partial charge on any atom is 0.356 e. The van der Waals surface area contributed by atoms with E-state index < -0.39 is 5.97 Å². The van der Waals surface area contributed by atoms with Gasteiger partial charge in [-0.15, -0.1) is 0 Å². The van der Waals surface area contributed by atoms with E-state index in [2.05, 4.69) is 23.8 Å². The van der Waals surface area contributed by atoms with Crippen molar-refractivity contribution in [3.8, 4) is 5.88 Å². The number of carbonyl (C=O) groups is 1. The summed E-state index contributed by atoms with van der Waals surface area (Å²) in [6.07, 6.45) is 2.54. The number of ether oxygens (including phenoxy) is 2. The molecule has 0 aliphatic heterocycles. The Morgan fingerprint density at radius 2 is 2.18 bits per heavy atom. The van der Waals surface area contributed by atoms with Crippen LogP contribution in [0.5, 0.6) is 5.88 Å². The molecule has 0 saturated carbocycles. The summed E-state index contributed by atoms with van der Waals surface area (Å²) in [5.74, 6) is -0.456. The zero-order chi connectivity index (χ0) is 12.7. The van der Waals surface area contributed by atoms with Gasteiger partial charge in [0.15, 0.2) is 5.69 Å². The molecule has 0 radical (unpaired) electrons. The van der Waals surface area contributed by atoms with Crippen molar-refractivity contribution >= 4 is 5.97 Å². The van der Waals surface area contributed by atoms with Crippen LogP contribution >= 0.6 is 0 Å². The van der Waals surface area contributed by atoms with Gasteiger partial charge in [0.25, 0.3) is 0 Å². The molecule has 0 atom stereocenters. The molecule has 0 amide bonds. The molecular weight excluding hydrogens is 224 g/mol. The van der Waals surface area contributed by atoms with Crippen molar-refractivity contribution in [3.63, 3.8) is 0 Å². The lowest BCUT2D eigenvalue weighted by Crippen LogP contribution is -2.11. The molecule has 94 valence electrons. The van der Waals surface area contributed by atoms with Gasteiger partial charge in [0.2, 0.25) is 5.88 Å². The monoisotopic (exact) mass is 240 g/mol. The van der Waals surface area contributed by atoms with Gasteiger partial charge < -0.3 is 14.6 Å². The van der Waals surface area contributed by atoms with Crippen LogP contribution in [-0.2, 0) is 4.74 Å². The van der Waals surface area contributed by atoms with E-state index in [0.717, 1.165) is 0 Å². The highest BCUT2D eigenvalue weighted by Gasteiger charge is 2.06. The summed E-state index contributed by atoms with van der Waals surface area (Å²) in [5.41, 5.74) is -0.134. The van der Waals surface area contributed by atoms with Crippen LogP contribution in [0.2, 0.25) is 0 Å². The molecule has 1 N–H and O–H groups in total. The third-order valence-corrected chi connectivity index (χ3v) is 1.76.